The van der Waals surface area contributed by atoms with Crippen LogP contribution in [-0.2, 0) is 4.79 Å². The zero-order valence-electron chi connectivity index (χ0n) is 8.05. The van der Waals surface area contributed by atoms with Crippen LogP contribution < -0.4 is 5.32 Å². The summed E-state index contributed by atoms with van der Waals surface area (Å²) in [5.41, 5.74) is 0.402. The molecule has 0 aromatic heterocycles. The summed E-state index contributed by atoms with van der Waals surface area (Å²) in [5, 5.41) is 11.6. The molecule has 0 bridgehead atoms. The maximum atomic E-state index is 11.6. The zero-order valence-corrected chi connectivity index (χ0v) is 8.05. The molecule has 3 heteroatoms. The van der Waals surface area contributed by atoms with Gasteiger partial charge in [-0.1, -0.05) is 6.42 Å². The molecule has 2 N–H and O–H groups in total. The van der Waals surface area contributed by atoms with Gasteiger partial charge in [0, 0.05) is 12.0 Å². The van der Waals surface area contributed by atoms with Crippen molar-refractivity contribution in [2.45, 2.75) is 38.6 Å². The molecule has 2 rings (SSSR count). The number of aliphatic hydroxyl groups is 1. The second kappa shape index (κ2) is 2.98. The van der Waals surface area contributed by atoms with Crippen molar-refractivity contribution < 1.29 is 9.90 Å². The van der Waals surface area contributed by atoms with Crippen LogP contribution in [-0.4, -0.2) is 23.7 Å². The third-order valence-electron chi connectivity index (χ3n) is 3.52. The van der Waals surface area contributed by atoms with E-state index in [1.165, 1.54) is 19.3 Å². The van der Waals surface area contributed by atoms with Crippen molar-refractivity contribution in [2.24, 2.45) is 11.3 Å². The molecular formula is C10H17NO2. The molecule has 0 radical (unpaired) electrons. The summed E-state index contributed by atoms with van der Waals surface area (Å²) in [6.45, 7) is 1.86. The molecule has 2 aliphatic rings. The number of carbonyl (C=O) groups excluding carboxylic acids is 1. The van der Waals surface area contributed by atoms with E-state index in [1.54, 1.807) is 0 Å². The number of hydrogen-bond acceptors (Lipinski definition) is 2. The molecule has 1 amide bonds. The Morgan fingerprint density at radius 2 is 2.38 bits per heavy atom. The Morgan fingerprint density at radius 3 is 2.77 bits per heavy atom. The van der Waals surface area contributed by atoms with Crippen molar-refractivity contribution in [2.75, 3.05) is 6.61 Å². The third-order valence-corrected chi connectivity index (χ3v) is 3.52. The number of hydrogen-bond donors (Lipinski definition) is 2. The summed E-state index contributed by atoms with van der Waals surface area (Å²) in [5.74, 6) is 0.413. The maximum absolute atomic E-state index is 11.6. The molecule has 0 aromatic carbocycles. The highest BCUT2D eigenvalue weighted by molar-refractivity contribution is 5.83. The topological polar surface area (TPSA) is 49.3 Å². The Bertz CT molecular complexity index is 223. The molecule has 2 aliphatic carbocycles. The summed E-state index contributed by atoms with van der Waals surface area (Å²) in [6.07, 6.45) is 4.84. The quantitative estimate of drug-likeness (QED) is 0.675. The van der Waals surface area contributed by atoms with E-state index >= 15 is 0 Å². The Labute approximate surface area is 78.5 Å². The van der Waals surface area contributed by atoms with Crippen LogP contribution in [0.3, 0.4) is 0 Å². The molecule has 74 valence electrons. The van der Waals surface area contributed by atoms with Crippen LogP contribution >= 0.6 is 0 Å². The van der Waals surface area contributed by atoms with E-state index in [-0.39, 0.29) is 24.5 Å². The Hall–Kier alpha value is -0.570. The van der Waals surface area contributed by atoms with Gasteiger partial charge in [-0.25, -0.2) is 0 Å². The van der Waals surface area contributed by atoms with Crippen molar-refractivity contribution in [3.05, 3.63) is 0 Å². The first-order valence-corrected chi connectivity index (χ1v) is 5.09. The van der Waals surface area contributed by atoms with Gasteiger partial charge in [0.2, 0.25) is 5.91 Å². The number of aliphatic hydroxyl groups excluding tert-OH is 1. The van der Waals surface area contributed by atoms with Gasteiger partial charge in [0.1, 0.15) is 0 Å². The van der Waals surface area contributed by atoms with Gasteiger partial charge in [0.25, 0.3) is 0 Å². The molecule has 1 unspecified atom stereocenters. The lowest BCUT2D eigenvalue weighted by atomic mass is 9.79. The van der Waals surface area contributed by atoms with Gasteiger partial charge >= 0.3 is 0 Å². The number of amides is 1. The molecular weight excluding hydrogens is 166 g/mol. The average Bonchev–Trinajstić information content (AvgIpc) is 2.77. The predicted molar refractivity (Wildman–Crippen MR) is 49.1 cm³/mol. The fourth-order valence-electron chi connectivity index (χ4n) is 2.29. The van der Waals surface area contributed by atoms with Crippen LogP contribution in [0, 0.1) is 11.3 Å². The highest BCUT2D eigenvalue weighted by atomic mass is 16.3. The highest BCUT2D eigenvalue weighted by Crippen LogP contribution is 2.65. The monoisotopic (exact) mass is 183 g/mol. The van der Waals surface area contributed by atoms with E-state index in [0.29, 0.717) is 5.41 Å². The first-order valence-electron chi connectivity index (χ1n) is 5.09. The highest BCUT2D eigenvalue weighted by Gasteiger charge is 2.60. The van der Waals surface area contributed by atoms with Gasteiger partial charge < -0.3 is 10.4 Å². The zero-order chi connectivity index (χ0) is 9.47. The normalized spacial score (nSPS) is 30.8. The Kier molecular flexibility index (Phi) is 2.06. The molecule has 2 fully saturated rings. The average molecular weight is 183 g/mol. The van der Waals surface area contributed by atoms with Crippen LogP contribution in [0.1, 0.15) is 32.6 Å². The Balaban J connectivity index is 1.79. The van der Waals surface area contributed by atoms with Crippen molar-refractivity contribution >= 4 is 5.91 Å². The van der Waals surface area contributed by atoms with E-state index < -0.39 is 0 Å². The minimum Gasteiger partial charge on any atom is -0.394 e. The second-order valence-electron chi connectivity index (χ2n) is 4.56. The fourth-order valence-corrected chi connectivity index (χ4v) is 2.29. The van der Waals surface area contributed by atoms with Crippen LogP contribution in [0.5, 0.6) is 0 Å². The summed E-state index contributed by atoms with van der Waals surface area (Å²) in [6, 6.07) is -0.0924. The first kappa shape index (κ1) is 9.00. The van der Waals surface area contributed by atoms with E-state index in [4.69, 9.17) is 5.11 Å². The lowest BCUT2D eigenvalue weighted by Crippen LogP contribution is -2.37. The molecule has 2 atom stereocenters. The SMILES string of the molecule is C[C@@H](CO)NC(=O)C1CC12CCC2. The molecule has 1 spiro atoms. The van der Waals surface area contributed by atoms with Crippen molar-refractivity contribution in [3.63, 3.8) is 0 Å². The second-order valence-corrected chi connectivity index (χ2v) is 4.56. The summed E-state index contributed by atoms with van der Waals surface area (Å²) < 4.78 is 0. The minimum atomic E-state index is -0.0924. The van der Waals surface area contributed by atoms with Crippen molar-refractivity contribution in [1.82, 2.24) is 5.32 Å². The minimum absolute atomic E-state index is 0.0332. The number of carbonyl (C=O) groups is 1. The van der Waals surface area contributed by atoms with Gasteiger partial charge in [-0.2, -0.15) is 0 Å². The van der Waals surface area contributed by atoms with Crippen LogP contribution in [0.25, 0.3) is 0 Å². The summed E-state index contributed by atoms with van der Waals surface area (Å²) >= 11 is 0. The molecule has 13 heavy (non-hydrogen) atoms. The number of rotatable bonds is 3. The molecule has 3 nitrogen and oxygen atoms in total. The lowest BCUT2D eigenvalue weighted by Gasteiger charge is -2.26. The summed E-state index contributed by atoms with van der Waals surface area (Å²) in [4.78, 5) is 11.6. The van der Waals surface area contributed by atoms with E-state index in [9.17, 15) is 4.79 Å². The van der Waals surface area contributed by atoms with Crippen LogP contribution in [0.15, 0.2) is 0 Å². The van der Waals surface area contributed by atoms with Gasteiger partial charge in [-0.15, -0.1) is 0 Å². The van der Waals surface area contributed by atoms with Gasteiger partial charge in [-0.3, -0.25) is 4.79 Å². The Morgan fingerprint density at radius 1 is 1.69 bits per heavy atom. The summed E-state index contributed by atoms with van der Waals surface area (Å²) in [7, 11) is 0. The molecule has 0 aliphatic heterocycles. The van der Waals surface area contributed by atoms with E-state index in [2.05, 4.69) is 5.32 Å². The van der Waals surface area contributed by atoms with Gasteiger partial charge in [0.05, 0.1) is 6.61 Å². The molecule has 0 saturated heterocycles. The smallest absolute Gasteiger partial charge is 0.223 e. The van der Waals surface area contributed by atoms with E-state index in [1.807, 2.05) is 6.92 Å². The first-order chi connectivity index (χ1) is 6.18. The molecule has 0 aromatic rings. The van der Waals surface area contributed by atoms with Gasteiger partial charge in [-0.05, 0) is 31.6 Å². The van der Waals surface area contributed by atoms with Crippen LogP contribution in [0.4, 0.5) is 0 Å². The standard InChI is InChI=1S/C10H17NO2/c1-7(6-12)11-9(13)8-5-10(8)3-2-4-10/h7-8,12H,2-6H2,1H3,(H,11,13)/t7-,8?/m0/s1. The number of nitrogens with one attached hydrogen (secondary N) is 1. The largest absolute Gasteiger partial charge is 0.394 e. The third kappa shape index (κ3) is 1.46. The fraction of sp³-hybridized carbons (Fsp3) is 0.900. The van der Waals surface area contributed by atoms with Gasteiger partial charge in [0.15, 0.2) is 0 Å². The van der Waals surface area contributed by atoms with E-state index in [0.717, 1.165) is 6.42 Å². The maximum Gasteiger partial charge on any atom is 0.223 e. The molecule has 2 saturated carbocycles. The predicted octanol–water partition coefficient (Wildman–Crippen LogP) is 0.674. The van der Waals surface area contributed by atoms with Crippen molar-refractivity contribution in [1.29, 1.82) is 0 Å². The lowest BCUT2D eigenvalue weighted by molar-refractivity contribution is -0.124. The van der Waals surface area contributed by atoms with Crippen molar-refractivity contribution in [3.8, 4) is 0 Å². The molecule has 0 heterocycles. The van der Waals surface area contributed by atoms with Crippen LogP contribution in [0.2, 0.25) is 0 Å².